The SMILES string of the molecule is Cc1nn(C(C)c2ccc(Cl)cc2Cl)c2nc(C3=CC[C@H](N4CCC[C@H]4CCC(N)=O)[C@H](C)C3)cnc12.O=C(O)C(F)(F)F. The van der Waals surface area contributed by atoms with Crippen molar-refractivity contribution in [2.45, 2.75) is 83.6 Å². The molecule has 0 spiro atoms. The largest absolute Gasteiger partial charge is 0.490 e. The van der Waals surface area contributed by atoms with E-state index in [4.69, 9.17) is 53.9 Å². The third-order valence-electron chi connectivity index (χ3n) is 8.30. The minimum absolute atomic E-state index is 0.123. The molecule has 1 fully saturated rings. The fraction of sp³-hybridized carbons (Fsp3) is 0.500. The monoisotopic (exact) mass is 654 g/mol. The molecule has 3 heterocycles. The number of carbonyl (C=O) groups excluding carboxylic acids is 1. The van der Waals surface area contributed by atoms with Crippen LogP contribution in [0.25, 0.3) is 16.7 Å². The Kier molecular flexibility index (Phi) is 10.6. The summed E-state index contributed by atoms with van der Waals surface area (Å²) in [7, 11) is 0. The second-order valence-corrected chi connectivity index (χ2v) is 12.2. The molecule has 5 rings (SSSR count). The Hall–Kier alpha value is -3.22. The van der Waals surface area contributed by atoms with Gasteiger partial charge in [0.25, 0.3) is 0 Å². The van der Waals surface area contributed by atoms with Gasteiger partial charge < -0.3 is 10.8 Å². The number of hydrogen-bond donors (Lipinski definition) is 2. The highest BCUT2D eigenvalue weighted by atomic mass is 35.5. The Labute approximate surface area is 263 Å². The van der Waals surface area contributed by atoms with Gasteiger partial charge in [-0.05, 0) is 81.7 Å². The normalized spacial score (nSPS) is 21.5. The minimum Gasteiger partial charge on any atom is -0.475 e. The zero-order valence-corrected chi connectivity index (χ0v) is 26.1. The number of halogens is 5. The molecule has 1 aliphatic heterocycles. The molecule has 1 aliphatic carbocycles. The first-order valence-corrected chi connectivity index (χ1v) is 15.1. The molecular weight excluding hydrogens is 620 g/mol. The number of alkyl halides is 3. The van der Waals surface area contributed by atoms with Crippen LogP contribution in [0.15, 0.2) is 30.5 Å². The van der Waals surface area contributed by atoms with E-state index in [-0.39, 0.29) is 11.9 Å². The lowest BCUT2D eigenvalue weighted by molar-refractivity contribution is -0.192. The third-order valence-corrected chi connectivity index (χ3v) is 8.86. The fourth-order valence-electron chi connectivity index (χ4n) is 6.09. The maximum absolute atomic E-state index is 11.3. The summed E-state index contributed by atoms with van der Waals surface area (Å²) < 4.78 is 33.7. The average Bonchev–Trinajstić information content (AvgIpc) is 3.55. The van der Waals surface area contributed by atoms with E-state index >= 15 is 0 Å². The van der Waals surface area contributed by atoms with Crippen molar-refractivity contribution in [3.8, 4) is 0 Å². The number of carboxylic acids is 1. The number of likely N-dealkylation sites (tertiary alicyclic amines) is 1. The molecule has 44 heavy (non-hydrogen) atoms. The number of carbonyl (C=O) groups is 2. The molecule has 238 valence electrons. The lowest BCUT2D eigenvalue weighted by atomic mass is 9.83. The van der Waals surface area contributed by atoms with Crippen LogP contribution < -0.4 is 5.73 Å². The summed E-state index contributed by atoms with van der Waals surface area (Å²) in [5.41, 5.74) is 10.9. The molecule has 1 saturated heterocycles. The van der Waals surface area contributed by atoms with Gasteiger partial charge in [-0.25, -0.2) is 19.4 Å². The maximum Gasteiger partial charge on any atom is 0.490 e. The van der Waals surface area contributed by atoms with Crippen molar-refractivity contribution in [2.24, 2.45) is 11.7 Å². The van der Waals surface area contributed by atoms with Crippen LogP contribution in [-0.2, 0) is 9.59 Å². The summed E-state index contributed by atoms with van der Waals surface area (Å²) in [6.45, 7) is 7.44. The van der Waals surface area contributed by atoms with Crippen LogP contribution in [0.1, 0.15) is 75.4 Å². The fourth-order valence-corrected chi connectivity index (χ4v) is 6.66. The molecule has 0 saturated carbocycles. The van der Waals surface area contributed by atoms with E-state index in [1.807, 2.05) is 29.9 Å². The van der Waals surface area contributed by atoms with Crippen molar-refractivity contribution in [3.63, 3.8) is 0 Å². The molecule has 14 heteroatoms. The van der Waals surface area contributed by atoms with E-state index in [1.54, 1.807) is 6.07 Å². The van der Waals surface area contributed by atoms with Gasteiger partial charge in [-0.3, -0.25) is 9.69 Å². The number of primary amides is 1. The lowest BCUT2D eigenvalue weighted by Gasteiger charge is -2.39. The number of carboxylic acid groups (broad SMARTS) is 1. The second kappa shape index (κ2) is 13.8. The third kappa shape index (κ3) is 7.70. The van der Waals surface area contributed by atoms with Crippen LogP contribution in [0.5, 0.6) is 0 Å². The molecule has 9 nitrogen and oxygen atoms in total. The predicted octanol–water partition coefficient (Wildman–Crippen LogP) is 6.60. The number of benzene rings is 1. The summed E-state index contributed by atoms with van der Waals surface area (Å²) in [5.74, 6) is -2.49. The van der Waals surface area contributed by atoms with Gasteiger partial charge in [0, 0.05) is 28.5 Å². The number of amides is 1. The van der Waals surface area contributed by atoms with Gasteiger partial charge in [-0.15, -0.1) is 0 Å². The van der Waals surface area contributed by atoms with Crippen LogP contribution in [0.2, 0.25) is 10.0 Å². The van der Waals surface area contributed by atoms with Gasteiger partial charge in [-0.1, -0.05) is 42.3 Å². The number of nitrogens with zero attached hydrogens (tertiary/aromatic N) is 5. The molecule has 1 unspecified atom stereocenters. The molecule has 1 amide bonds. The van der Waals surface area contributed by atoms with Crippen LogP contribution in [-0.4, -0.2) is 66.4 Å². The molecule has 0 radical (unpaired) electrons. The van der Waals surface area contributed by atoms with Gasteiger partial charge in [-0.2, -0.15) is 18.3 Å². The molecular formula is C30H35Cl2F3N6O3. The highest BCUT2D eigenvalue weighted by Crippen LogP contribution is 2.37. The van der Waals surface area contributed by atoms with Gasteiger partial charge in [0.05, 0.1) is 23.6 Å². The topological polar surface area (TPSA) is 127 Å². The van der Waals surface area contributed by atoms with Gasteiger partial charge in [0.15, 0.2) is 5.65 Å². The summed E-state index contributed by atoms with van der Waals surface area (Å²) >= 11 is 12.6. The number of allylic oxidation sites excluding steroid dienone is 1. The molecule has 4 atom stereocenters. The highest BCUT2D eigenvalue weighted by Gasteiger charge is 2.38. The summed E-state index contributed by atoms with van der Waals surface area (Å²) in [6, 6.07) is 6.34. The highest BCUT2D eigenvalue weighted by molar-refractivity contribution is 6.35. The van der Waals surface area contributed by atoms with E-state index in [2.05, 4.69) is 24.8 Å². The Morgan fingerprint density at radius 2 is 1.95 bits per heavy atom. The molecule has 1 aromatic carbocycles. The number of fused-ring (bicyclic) bond motifs is 1. The van der Waals surface area contributed by atoms with Crippen molar-refractivity contribution >= 4 is 51.8 Å². The first kappa shape index (κ1) is 33.7. The van der Waals surface area contributed by atoms with E-state index in [1.165, 1.54) is 12.0 Å². The predicted molar refractivity (Wildman–Crippen MR) is 162 cm³/mol. The number of hydrogen-bond acceptors (Lipinski definition) is 6. The van der Waals surface area contributed by atoms with Crippen LogP contribution in [0, 0.1) is 12.8 Å². The number of aromatic nitrogens is 4. The van der Waals surface area contributed by atoms with Crippen LogP contribution in [0.3, 0.4) is 0 Å². The number of rotatable bonds is 7. The number of nitrogens with two attached hydrogens (primary N) is 1. The van der Waals surface area contributed by atoms with E-state index in [9.17, 15) is 18.0 Å². The molecule has 3 N–H and O–H groups in total. The Morgan fingerprint density at radius 1 is 1.25 bits per heavy atom. The Bertz CT molecular complexity index is 1560. The van der Waals surface area contributed by atoms with Crippen molar-refractivity contribution in [2.75, 3.05) is 6.54 Å². The maximum atomic E-state index is 11.3. The van der Waals surface area contributed by atoms with E-state index in [0.717, 1.165) is 60.3 Å². The summed E-state index contributed by atoms with van der Waals surface area (Å²) in [4.78, 5) is 32.7. The quantitative estimate of drug-likeness (QED) is 0.294. The molecule has 2 aromatic heterocycles. The van der Waals surface area contributed by atoms with E-state index < -0.39 is 12.1 Å². The molecule has 2 aliphatic rings. The zero-order chi connectivity index (χ0) is 32.3. The molecule has 0 bridgehead atoms. The van der Waals surface area contributed by atoms with Gasteiger partial charge >= 0.3 is 12.1 Å². The Morgan fingerprint density at radius 3 is 2.57 bits per heavy atom. The van der Waals surface area contributed by atoms with Gasteiger partial charge in [0.1, 0.15) is 5.52 Å². The zero-order valence-electron chi connectivity index (χ0n) is 24.6. The van der Waals surface area contributed by atoms with Gasteiger partial charge in [0.2, 0.25) is 5.91 Å². The van der Waals surface area contributed by atoms with Crippen molar-refractivity contribution in [1.29, 1.82) is 0 Å². The smallest absolute Gasteiger partial charge is 0.475 e. The second-order valence-electron chi connectivity index (χ2n) is 11.4. The average molecular weight is 656 g/mol. The lowest BCUT2D eigenvalue weighted by Crippen LogP contribution is -2.44. The Balaban J connectivity index is 0.000000566. The first-order valence-electron chi connectivity index (χ1n) is 14.4. The van der Waals surface area contributed by atoms with E-state index in [0.29, 0.717) is 34.5 Å². The molecule has 3 aromatic rings. The number of aryl methyl sites for hydroxylation is 1. The first-order chi connectivity index (χ1) is 20.7. The van der Waals surface area contributed by atoms with Crippen molar-refractivity contribution in [1.82, 2.24) is 24.6 Å². The van der Waals surface area contributed by atoms with Crippen molar-refractivity contribution in [3.05, 3.63) is 57.5 Å². The van der Waals surface area contributed by atoms with Crippen LogP contribution in [0.4, 0.5) is 13.2 Å². The standard InChI is InChI=1S/C28H34Cl2N6O.C2HF3O2/c1-16-13-19(6-10-25(16)35-12-4-5-21(35)8-11-26(31)37)24-15-32-27-17(2)34-36(28(27)33-24)18(3)22-9-7-20(29)14-23(22)30;3-2(4,5)1(6)7/h6-7,9,14-16,18,21,25H,4-5,8,10-13H2,1-3H3,(H2,31,37);(H,6,7)/t16-,18?,21+,25+;/m1./s1. The summed E-state index contributed by atoms with van der Waals surface area (Å²) in [6.07, 6.45) is 4.69. The van der Waals surface area contributed by atoms with Crippen molar-refractivity contribution < 1.29 is 27.9 Å². The summed E-state index contributed by atoms with van der Waals surface area (Å²) in [5, 5.41) is 13.1. The van der Waals surface area contributed by atoms with Crippen LogP contribution >= 0.6 is 23.2 Å². The number of aliphatic carboxylic acids is 1. The minimum atomic E-state index is -5.08.